The van der Waals surface area contributed by atoms with Crippen LogP contribution in [-0.4, -0.2) is 36.5 Å². The minimum Gasteiger partial charge on any atom is -0.467 e. The van der Waals surface area contributed by atoms with Crippen molar-refractivity contribution in [2.75, 3.05) is 13.7 Å². The van der Waals surface area contributed by atoms with Gasteiger partial charge in [0.2, 0.25) is 5.91 Å². The number of methoxy groups -OCH3 is 1. The molecule has 0 bridgehead atoms. The van der Waals surface area contributed by atoms with E-state index in [9.17, 15) is 9.59 Å². The first-order chi connectivity index (χ1) is 7.63. The van der Waals surface area contributed by atoms with Crippen LogP contribution in [-0.2, 0) is 14.3 Å². The Bertz CT molecular complexity index is 265. The molecule has 1 saturated heterocycles. The summed E-state index contributed by atoms with van der Waals surface area (Å²) in [6.45, 7) is 4.73. The lowest BCUT2D eigenvalue weighted by molar-refractivity contribution is -0.151. The van der Waals surface area contributed by atoms with Crippen LogP contribution in [0.15, 0.2) is 0 Å². The molecule has 0 aromatic carbocycles. The molecule has 0 saturated carbocycles. The minimum atomic E-state index is -0.389. The molecule has 1 fully saturated rings. The third kappa shape index (κ3) is 2.74. The van der Waals surface area contributed by atoms with E-state index in [0.717, 1.165) is 12.8 Å². The van der Waals surface area contributed by atoms with E-state index in [-0.39, 0.29) is 17.9 Å². The lowest BCUT2D eigenvalue weighted by atomic mass is 10.0. The number of ether oxygens (including phenoxy) is 1. The van der Waals surface area contributed by atoms with Crippen molar-refractivity contribution in [3.05, 3.63) is 0 Å². The molecule has 0 unspecified atom stereocenters. The summed E-state index contributed by atoms with van der Waals surface area (Å²) in [5.41, 5.74) is 0. The highest BCUT2D eigenvalue weighted by Gasteiger charge is 2.36. The Morgan fingerprint density at radius 2 is 2.25 bits per heavy atom. The molecule has 0 spiro atoms. The molecule has 1 heterocycles. The number of hydrogen-bond donors (Lipinski definition) is 0. The van der Waals surface area contributed by atoms with E-state index in [0.29, 0.717) is 25.3 Å². The van der Waals surface area contributed by atoms with Crippen LogP contribution in [0.1, 0.15) is 39.5 Å². The zero-order chi connectivity index (χ0) is 12.1. The van der Waals surface area contributed by atoms with Crippen LogP contribution in [0.3, 0.4) is 0 Å². The monoisotopic (exact) mass is 227 g/mol. The summed E-state index contributed by atoms with van der Waals surface area (Å²) in [6.07, 6.45) is 3.35. The van der Waals surface area contributed by atoms with E-state index in [1.807, 2.05) is 6.92 Å². The number of amides is 1. The molecule has 0 aromatic rings. The van der Waals surface area contributed by atoms with Gasteiger partial charge in [0.1, 0.15) is 6.04 Å². The van der Waals surface area contributed by atoms with Gasteiger partial charge in [0.05, 0.1) is 7.11 Å². The normalized spacial score (nSPS) is 22.3. The summed E-state index contributed by atoms with van der Waals surface area (Å²) in [4.78, 5) is 25.0. The van der Waals surface area contributed by atoms with Gasteiger partial charge in [-0.25, -0.2) is 4.79 Å². The molecule has 16 heavy (non-hydrogen) atoms. The number of likely N-dealkylation sites (tertiary alicyclic amines) is 1. The van der Waals surface area contributed by atoms with Crippen molar-refractivity contribution in [3.63, 3.8) is 0 Å². The number of hydrogen-bond acceptors (Lipinski definition) is 3. The molecule has 2 atom stereocenters. The highest BCUT2D eigenvalue weighted by Crippen LogP contribution is 2.25. The zero-order valence-corrected chi connectivity index (χ0v) is 10.4. The van der Waals surface area contributed by atoms with Gasteiger partial charge in [0, 0.05) is 13.0 Å². The van der Waals surface area contributed by atoms with Crippen LogP contribution in [0.2, 0.25) is 0 Å². The topological polar surface area (TPSA) is 46.6 Å². The molecule has 0 aliphatic carbocycles. The van der Waals surface area contributed by atoms with Gasteiger partial charge in [-0.2, -0.15) is 0 Å². The number of nitrogens with zero attached hydrogens (tertiary/aromatic N) is 1. The van der Waals surface area contributed by atoms with Crippen molar-refractivity contribution >= 4 is 11.9 Å². The molecule has 1 aliphatic rings. The van der Waals surface area contributed by atoms with Crippen LogP contribution in [0.25, 0.3) is 0 Å². The quantitative estimate of drug-likeness (QED) is 0.670. The molecule has 1 aliphatic heterocycles. The van der Waals surface area contributed by atoms with Gasteiger partial charge < -0.3 is 9.64 Å². The van der Waals surface area contributed by atoms with E-state index in [1.165, 1.54) is 7.11 Å². The van der Waals surface area contributed by atoms with Gasteiger partial charge in [0.15, 0.2) is 0 Å². The first kappa shape index (κ1) is 13.0. The van der Waals surface area contributed by atoms with Gasteiger partial charge in [-0.3, -0.25) is 4.79 Å². The second-order valence-electron chi connectivity index (χ2n) is 4.35. The van der Waals surface area contributed by atoms with Gasteiger partial charge >= 0.3 is 5.97 Å². The van der Waals surface area contributed by atoms with Crippen molar-refractivity contribution in [2.45, 2.75) is 45.6 Å². The van der Waals surface area contributed by atoms with E-state index in [1.54, 1.807) is 4.90 Å². The Labute approximate surface area is 96.9 Å². The summed E-state index contributed by atoms with van der Waals surface area (Å²) in [5.74, 6) is 0.208. The Morgan fingerprint density at radius 1 is 1.56 bits per heavy atom. The van der Waals surface area contributed by atoms with E-state index in [4.69, 9.17) is 4.74 Å². The van der Waals surface area contributed by atoms with E-state index >= 15 is 0 Å². The highest BCUT2D eigenvalue weighted by atomic mass is 16.5. The summed E-state index contributed by atoms with van der Waals surface area (Å²) in [7, 11) is 1.37. The first-order valence-electron chi connectivity index (χ1n) is 6.01. The molecule has 0 N–H and O–H groups in total. The van der Waals surface area contributed by atoms with Crippen LogP contribution in [0.5, 0.6) is 0 Å². The minimum absolute atomic E-state index is 0.0932. The molecule has 1 amide bonds. The largest absolute Gasteiger partial charge is 0.467 e. The van der Waals surface area contributed by atoms with Crippen molar-refractivity contribution in [1.82, 2.24) is 4.90 Å². The summed E-state index contributed by atoms with van der Waals surface area (Å²) >= 11 is 0. The predicted molar refractivity (Wildman–Crippen MR) is 60.8 cm³/mol. The number of carbonyl (C=O) groups excluding carboxylic acids is 2. The lowest BCUT2D eigenvalue weighted by Crippen LogP contribution is -2.42. The van der Waals surface area contributed by atoms with Gasteiger partial charge in [-0.15, -0.1) is 0 Å². The highest BCUT2D eigenvalue weighted by molar-refractivity contribution is 5.86. The maximum Gasteiger partial charge on any atom is 0.328 e. The van der Waals surface area contributed by atoms with Crippen molar-refractivity contribution < 1.29 is 14.3 Å². The van der Waals surface area contributed by atoms with Crippen LogP contribution < -0.4 is 0 Å². The molecule has 0 radical (unpaired) electrons. The molecule has 4 nitrogen and oxygen atoms in total. The van der Waals surface area contributed by atoms with Crippen LogP contribution in [0.4, 0.5) is 0 Å². The third-order valence-electron chi connectivity index (χ3n) is 3.17. The Kier molecular flexibility index (Phi) is 4.77. The fraction of sp³-hybridized carbons (Fsp3) is 0.833. The third-order valence-corrected chi connectivity index (χ3v) is 3.17. The van der Waals surface area contributed by atoms with Crippen molar-refractivity contribution in [2.24, 2.45) is 5.92 Å². The van der Waals surface area contributed by atoms with Crippen LogP contribution >= 0.6 is 0 Å². The number of carbonyl (C=O) groups is 2. The van der Waals surface area contributed by atoms with Crippen molar-refractivity contribution in [3.8, 4) is 0 Å². The van der Waals surface area contributed by atoms with E-state index < -0.39 is 0 Å². The smallest absolute Gasteiger partial charge is 0.328 e. The maximum atomic E-state index is 11.8. The maximum absolute atomic E-state index is 11.8. The van der Waals surface area contributed by atoms with Crippen LogP contribution in [0, 0.1) is 5.92 Å². The molecule has 92 valence electrons. The number of rotatable bonds is 5. The fourth-order valence-corrected chi connectivity index (χ4v) is 2.36. The molecular formula is C12H21NO3. The zero-order valence-electron chi connectivity index (χ0n) is 10.4. The SMILES string of the molecule is CCC[C@@H]1CC(=O)N([C@H](CC)C(=O)OC)C1. The number of esters is 1. The fourth-order valence-electron chi connectivity index (χ4n) is 2.36. The Morgan fingerprint density at radius 3 is 2.75 bits per heavy atom. The van der Waals surface area contributed by atoms with Crippen molar-refractivity contribution in [1.29, 1.82) is 0 Å². The summed E-state index contributed by atoms with van der Waals surface area (Å²) < 4.78 is 4.73. The molecular weight excluding hydrogens is 206 g/mol. The Balaban J connectivity index is 2.65. The Hall–Kier alpha value is -1.06. The average Bonchev–Trinajstić information content (AvgIpc) is 2.61. The second-order valence-corrected chi connectivity index (χ2v) is 4.35. The standard InChI is InChI=1S/C12H21NO3/c1-4-6-9-7-11(14)13(8-9)10(5-2)12(15)16-3/h9-10H,4-8H2,1-3H3/t9-,10-/m1/s1. The molecule has 1 rings (SSSR count). The molecule has 4 heteroatoms. The first-order valence-corrected chi connectivity index (χ1v) is 6.01. The lowest BCUT2D eigenvalue weighted by Gasteiger charge is -2.24. The molecule has 0 aromatic heterocycles. The summed E-state index contributed by atoms with van der Waals surface area (Å²) in [5, 5.41) is 0. The second kappa shape index (κ2) is 5.87. The summed E-state index contributed by atoms with van der Waals surface area (Å²) in [6, 6.07) is -0.389. The van der Waals surface area contributed by atoms with Gasteiger partial charge in [0.25, 0.3) is 0 Å². The predicted octanol–water partition coefficient (Wildman–Crippen LogP) is 1.59. The van der Waals surface area contributed by atoms with Gasteiger partial charge in [-0.1, -0.05) is 20.3 Å². The van der Waals surface area contributed by atoms with Gasteiger partial charge in [-0.05, 0) is 18.8 Å². The van der Waals surface area contributed by atoms with E-state index in [2.05, 4.69) is 6.92 Å². The average molecular weight is 227 g/mol.